The van der Waals surface area contributed by atoms with Gasteiger partial charge in [-0.25, -0.2) is 0 Å². The van der Waals surface area contributed by atoms with Crippen LogP contribution in [0.5, 0.6) is 0 Å². The molecule has 2 saturated carbocycles. The van der Waals surface area contributed by atoms with Crippen LogP contribution >= 0.6 is 24.0 Å². The quantitative estimate of drug-likeness (QED) is 0.444. The van der Waals surface area contributed by atoms with Gasteiger partial charge in [-0.15, -0.1) is 24.0 Å². The fourth-order valence-corrected chi connectivity index (χ4v) is 3.51. The first-order valence-electron chi connectivity index (χ1n) is 7.75. The number of nitrogens with one attached hydrogen (secondary N) is 2. The highest BCUT2D eigenvalue weighted by Gasteiger charge is 2.32. The summed E-state index contributed by atoms with van der Waals surface area (Å²) in [4.78, 5) is 4.37. The minimum Gasteiger partial charge on any atom is -0.356 e. The van der Waals surface area contributed by atoms with Gasteiger partial charge < -0.3 is 10.6 Å². The third kappa shape index (κ3) is 4.80. The lowest BCUT2D eigenvalue weighted by Crippen LogP contribution is -2.46. The number of guanidine groups is 1. The molecule has 2 aliphatic rings. The minimum atomic E-state index is 0. The van der Waals surface area contributed by atoms with E-state index in [4.69, 9.17) is 0 Å². The molecular weight excluding hydrogens is 349 g/mol. The molecule has 0 heterocycles. The standard InChI is InChI=1S/C15H29N3.HI/c1-3-15(10-6-7-11-15)12-17-14(16-2)18-13-8-4-5-9-13;/h13H,3-12H2,1-2H3,(H2,16,17,18);1H. The smallest absolute Gasteiger partial charge is 0.191 e. The van der Waals surface area contributed by atoms with Crippen molar-refractivity contribution in [1.82, 2.24) is 10.6 Å². The van der Waals surface area contributed by atoms with Gasteiger partial charge in [-0.1, -0.05) is 32.6 Å². The van der Waals surface area contributed by atoms with Crippen molar-refractivity contribution in [3.05, 3.63) is 0 Å². The number of halogens is 1. The lowest BCUT2D eigenvalue weighted by Gasteiger charge is -2.29. The zero-order valence-corrected chi connectivity index (χ0v) is 14.8. The summed E-state index contributed by atoms with van der Waals surface area (Å²) >= 11 is 0. The van der Waals surface area contributed by atoms with E-state index in [0.29, 0.717) is 11.5 Å². The van der Waals surface area contributed by atoms with E-state index in [1.807, 2.05) is 7.05 Å². The molecule has 0 radical (unpaired) electrons. The molecule has 4 heteroatoms. The van der Waals surface area contributed by atoms with E-state index in [0.717, 1.165) is 12.5 Å². The predicted octanol–water partition coefficient (Wildman–Crippen LogP) is 3.68. The van der Waals surface area contributed by atoms with Gasteiger partial charge in [0.25, 0.3) is 0 Å². The van der Waals surface area contributed by atoms with Crippen LogP contribution in [0.3, 0.4) is 0 Å². The summed E-state index contributed by atoms with van der Waals surface area (Å²) in [5.74, 6) is 1.02. The molecule has 2 rings (SSSR count). The molecule has 0 aromatic carbocycles. The Morgan fingerprint density at radius 2 is 1.79 bits per heavy atom. The van der Waals surface area contributed by atoms with Crippen molar-refractivity contribution in [3.8, 4) is 0 Å². The largest absolute Gasteiger partial charge is 0.356 e. The number of hydrogen-bond donors (Lipinski definition) is 2. The summed E-state index contributed by atoms with van der Waals surface area (Å²) in [6.07, 6.45) is 12.2. The minimum absolute atomic E-state index is 0. The van der Waals surface area contributed by atoms with Gasteiger partial charge in [-0.3, -0.25) is 4.99 Å². The van der Waals surface area contributed by atoms with E-state index in [2.05, 4.69) is 22.5 Å². The summed E-state index contributed by atoms with van der Waals surface area (Å²) in [5, 5.41) is 7.14. The van der Waals surface area contributed by atoms with Crippen molar-refractivity contribution in [2.75, 3.05) is 13.6 Å². The number of rotatable bonds is 4. The Morgan fingerprint density at radius 1 is 1.16 bits per heavy atom. The molecule has 3 nitrogen and oxygen atoms in total. The van der Waals surface area contributed by atoms with Crippen molar-refractivity contribution in [3.63, 3.8) is 0 Å². The van der Waals surface area contributed by atoms with Crippen LogP contribution < -0.4 is 10.6 Å². The van der Waals surface area contributed by atoms with E-state index < -0.39 is 0 Å². The summed E-state index contributed by atoms with van der Waals surface area (Å²) in [7, 11) is 1.89. The van der Waals surface area contributed by atoms with Gasteiger partial charge in [0.05, 0.1) is 0 Å². The maximum Gasteiger partial charge on any atom is 0.191 e. The topological polar surface area (TPSA) is 36.4 Å². The highest BCUT2D eigenvalue weighted by Crippen LogP contribution is 2.40. The van der Waals surface area contributed by atoms with Crippen molar-refractivity contribution in [2.24, 2.45) is 10.4 Å². The summed E-state index contributed by atoms with van der Waals surface area (Å²) in [5.41, 5.74) is 0.535. The molecule has 0 spiro atoms. The Balaban J connectivity index is 0.00000180. The normalized spacial score (nSPS) is 23.2. The average Bonchev–Trinajstić information content (AvgIpc) is 3.06. The monoisotopic (exact) mass is 379 g/mol. The molecule has 0 atom stereocenters. The molecule has 19 heavy (non-hydrogen) atoms. The van der Waals surface area contributed by atoms with Crippen LogP contribution in [-0.2, 0) is 0 Å². The van der Waals surface area contributed by atoms with Crippen molar-refractivity contribution >= 4 is 29.9 Å². The second kappa shape index (κ2) is 8.32. The number of aliphatic imine (C=N–C) groups is 1. The zero-order valence-electron chi connectivity index (χ0n) is 12.5. The van der Waals surface area contributed by atoms with Gasteiger partial charge in [0.1, 0.15) is 0 Å². The highest BCUT2D eigenvalue weighted by molar-refractivity contribution is 14.0. The predicted molar refractivity (Wildman–Crippen MR) is 93.4 cm³/mol. The molecule has 0 saturated heterocycles. The van der Waals surface area contributed by atoms with Gasteiger partial charge in [-0.2, -0.15) is 0 Å². The first kappa shape index (κ1) is 17.1. The van der Waals surface area contributed by atoms with Gasteiger partial charge >= 0.3 is 0 Å². The van der Waals surface area contributed by atoms with E-state index in [-0.39, 0.29) is 24.0 Å². The third-order valence-electron chi connectivity index (χ3n) is 4.96. The first-order chi connectivity index (χ1) is 8.78. The Bertz CT molecular complexity index is 279. The van der Waals surface area contributed by atoms with Crippen molar-refractivity contribution in [1.29, 1.82) is 0 Å². The van der Waals surface area contributed by atoms with Gasteiger partial charge in [0.15, 0.2) is 5.96 Å². The van der Waals surface area contributed by atoms with Crippen molar-refractivity contribution < 1.29 is 0 Å². The maximum atomic E-state index is 4.37. The van der Waals surface area contributed by atoms with Gasteiger partial charge in [0, 0.05) is 19.6 Å². The van der Waals surface area contributed by atoms with Gasteiger partial charge in [0.2, 0.25) is 0 Å². The molecule has 0 aromatic rings. The van der Waals surface area contributed by atoms with Crippen LogP contribution in [0.25, 0.3) is 0 Å². The number of nitrogens with zero attached hydrogens (tertiary/aromatic N) is 1. The second-order valence-electron chi connectivity index (χ2n) is 6.11. The molecule has 0 aromatic heterocycles. The molecule has 0 aliphatic heterocycles. The maximum absolute atomic E-state index is 4.37. The van der Waals surface area contributed by atoms with E-state index in [1.54, 1.807) is 0 Å². The zero-order chi connectivity index (χ0) is 12.8. The Labute approximate surface area is 135 Å². The SMILES string of the molecule is CCC1(CNC(=NC)NC2CCCC2)CCCC1.I. The second-order valence-corrected chi connectivity index (χ2v) is 6.11. The summed E-state index contributed by atoms with van der Waals surface area (Å²) < 4.78 is 0. The highest BCUT2D eigenvalue weighted by atomic mass is 127. The Kier molecular flexibility index (Phi) is 7.47. The third-order valence-corrected chi connectivity index (χ3v) is 4.96. The average molecular weight is 379 g/mol. The number of hydrogen-bond acceptors (Lipinski definition) is 1. The molecule has 2 aliphatic carbocycles. The molecule has 2 N–H and O–H groups in total. The lowest BCUT2D eigenvalue weighted by molar-refractivity contribution is 0.283. The van der Waals surface area contributed by atoms with Crippen LogP contribution in [0.15, 0.2) is 4.99 Å². The summed E-state index contributed by atoms with van der Waals surface area (Å²) in [6, 6.07) is 0.650. The van der Waals surface area contributed by atoms with Crippen LogP contribution in [0.2, 0.25) is 0 Å². The molecule has 112 valence electrons. The molecule has 0 unspecified atom stereocenters. The van der Waals surface area contributed by atoms with E-state index in [9.17, 15) is 0 Å². The van der Waals surface area contributed by atoms with Crippen LogP contribution in [0.1, 0.15) is 64.7 Å². The molecule has 0 amide bonds. The summed E-state index contributed by atoms with van der Waals surface area (Å²) in [6.45, 7) is 3.43. The van der Waals surface area contributed by atoms with Crippen LogP contribution in [0, 0.1) is 5.41 Å². The first-order valence-corrected chi connectivity index (χ1v) is 7.75. The van der Waals surface area contributed by atoms with E-state index in [1.165, 1.54) is 57.8 Å². The van der Waals surface area contributed by atoms with Crippen LogP contribution in [-0.4, -0.2) is 25.6 Å². The van der Waals surface area contributed by atoms with E-state index >= 15 is 0 Å². The lowest BCUT2D eigenvalue weighted by atomic mass is 9.83. The molecule has 0 bridgehead atoms. The van der Waals surface area contributed by atoms with Crippen molar-refractivity contribution in [2.45, 2.75) is 70.8 Å². The Hall–Kier alpha value is 0. The molecular formula is C15H30IN3. The fraction of sp³-hybridized carbons (Fsp3) is 0.933. The van der Waals surface area contributed by atoms with Gasteiger partial charge in [-0.05, 0) is 37.5 Å². The Morgan fingerprint density at radius 3 is 2.32 bits per heavy atom. The molecule has 2 fully saturated rings. The van der Waals surface area contributed by atoms with Crippen LogP contribution in [0.4, 0.5) is 0 Å². The fourth-order valence-electron chi connectivity index (χ4n) is 3.51.